The average Bonchev–Trinajstić information content (AvgIpc) is 3.61. The molecule has 5 rings (SSSR count). The minimum atomic E-state index is -0.0826. The second-order valence-electron chi connectivity index (χ2n) is 10.2. The molecule has 1 atom stereocenters. The zero-order valence-electron chi connectivity index (χ0n) is 23.1. The normalized spacial score (nSPS) is 15.4. The molecule has 0 aliphatic carbocycles. The van der Waals surface area contributed by atoms with E-state index in [-0.39, 0.29) is 11.7 Å². The fourth-order valence-electron chi connectivity index (χ4n) is 5.08. The van der Waals surface area contributed by atoms with Crippen molar-refractivity contribution in [2.45, 2.75) is 58.8 Å². The van der Waals surface area contributed by atoms with Crippen LogP contribution in [0.5, 0.6) is 11.5 Å². The van der Waals surface area contributed by atoms with Gasteiger partial charge in [-0.25, -0.2) is 4.68 Å². The van der Waals surface area contributed by atoms with E-state index < -0.39 is 0 Å². The Bertz CT molecular complexity index is 1490. The van der Waals surface area contributed by atoms with Crippen LogP contribution in [0, 0.1) is 13.8 Å². The molecule has 1 unspecified atom stereocenters. The van der Waals surface area contributed by atoms with Crippen LogP contribution in [0.15, 0.2) is 41.2 Å². The van der Waals surface area contributed by atoms with E-state index >= 15 is 0 Å². The summed E-state index contributed by atoms with van der Waals surface area (Å²) < 4.78 is 18.5. The van der Waals surface area contributed by atoms with Crippen molar-refractivity contribution in [1.82, 2.24) is 30.1 Å². The molecular weight excluding hydrogens is 496 g/mol. The van der Waals surface area contributed by atoms with Crippen molar-refractivity contribution in [1.29, 1.82) is 0 Å². The first-order chi connectivity index (χ1) is 18.9. The van der Waals surface area contributed by atoms with E-state index in [4.69, 9.17) is 14.2 Å². The van der Waals surface area contributed by atoms with Crippen LogP contribution in [0.25, 0.3) is 10.9 Å². The Hall–Kier alpha value is -3.76. The topological polar surface area (TPSA) is 107 Å². The number of hydrogen-bond acceptors (Lipinski definition) is 8. The van der Waals surface area contributed by atoms with E-state index in [1.807, 2.05) is 35.0 Å². The number of hydrogen-bond donors (Lipinski definition) is 1. The predicted molar refractivity (Wildman–Crippen MR) is 148 cm³/mol. The summed E-state index contributed by atoms with van der Waals surface area (Å²) in [5.41, 5.74) is 4.93. The third-order valence-electron chi connectivity index (χ3n) is 7.47. The van der Waals surface area contributed by atoms with E-state index in [0.717, 1.165) is 53.7 Å². The first-order valence-corrected chi connectivity index (χ1v) is 13.4. The number of rotatable bonds is 11. The van der Waals surface area contributed by atoms with Crippen molar-refractivity contribution in [3.63, 3.8) is 0 Å². The number of aryl methyl sites for hydroxylation is 2. The summed E-state index contributed by atoms with van der Waals surface area (Å²) in [6, 6.07) is 12.1. The van der Waals surface area contributed by atoms with Crippen LogP contribution in [-0.2, 0) is 30.8 Å². The molecule has 0 radical (unpaired) electrons. The summed E-state index contributed by atoms with van der Waals surface area (Å²) in [6.07, 6.45) is 2.94. The summed E-state index contributed by atoms with van der Waals surface area (Å²) in [5, 5.41) is 13.5. The summed E-state index contributed by atoms with van der Waals surface area (Å²) in [4.78, 5) is 18.4. The summed E-state index contributed by atoms with van der Waals surface area (Å²) in [6.45, 7) is 7.19. The summed E-state index contributed by atoms with van der Waals surface area (Å²) in [5.74, 6) is 2.14. The quantitative estimate of drug-likeness (QED) is 0.312. The van der Waals surface area contributed by atoms with Gasteiger partial charge in [-0.2, -0.15) is 0 Å². The lowest BCUT2D eigenvalue weighted by atomic mass is 10.0. The van der Waals surface area contributed by atoms with E-state index in [0.29, 0.717) is 43.2 Å². The first kappa shape index (κ1) is 26.8. The largest absolute Gasteiger partial charge is 0.493 e. The van der Waals surface area contributed by atoms with E-state index in [1.54, 1.807) is 14.2 Å². The molecule has 10 nitrogen and oxygen atoms in total. The Kier molecular flexibility index (Phi) is 8.23. The van der Waals surface area contributed by atoms with Gasteiger partial charge in [0.05, 0.1) is 33.4 Å². The van der Waals surface area contributed by atoms with Crippen molar-refractivity contribution < 1.29 is 14.2 Å². The fraction of sp³-hybridized carbons (Fsp3) is 0.448. The number of fused-ring (bicyclic) bond motifs is 1. The van der Waals surface area contributed by atoms with Crippen LogP contribution in [0.1, 0.15) is 40.9 Å². The molecule has 10 heteroatoms. The van der Waals surface area contributed by atoms with Gasteiger partial charge in [-0.3, -0.25) is 9.69 Å². The molecule has 4 aromatic rings. The molecule has 1 saturated heterocycles. The maximum absolute atomic E-state index is 13.1. The number of benzene rings is 2. The van der Waals surface area contributed by atoms with Gasteiger partial charge in [0.1, 0.15) is 0 Å². The number of nitrogens with one attached hydrogen (secondary N) is 1. The Morgan fingerprint density at radius 1 is 1.08 bits per heavy atom. The second-order valence-corrected chi connectivity index (χ2v) is 10.2. The molecule has 0 saturated carbocycles. The molecule has 0 spiro atoms. The van der Waals surface area contributed by atoms with Gasteiger partial charge in [0.25, 0.3) is 5.56 Å². The number of ether oxygens (including phenoxy) is 3. The van der Waals surface area contributed by atoms with Crippen molar-refractivity contribution in [3.8, 4) is 11.5 Å². The van der Waals surface area contributed by atoms with Crippen LogP contribution in [0.2, 0.25) is 0 Å². The van der Waals surface area contributed by atoms with Crippen molar-refractivity contribution in [3.05, 3.63) is 74.8 Å². The lowest BCUT2D eigenvalue weighted by Gasteiger charge is -2.22. The van der Waals surface area contributed by atoms with Gasteiger partial charge in [-0.1, -0.05) is 6.07 Å². The number of aromatic amines is 1. The molecule has 1 N–H and O–H groups in total. The van der Waals surface area contributed by atoms with Crippen LogP contribution in [-0.4, -0.2) is 63.6 Å². The summed E-state index contributed by atoms with van der Waals surface area (Å²) >= 11 is 0. The van der Waals surface area contributed by atoms with Crippen molar-refractivity contribution in [2.75, 3.05) is 27.4 Å². The SMILES string of the molecule is COc1ccc(CCN(Cc2cc3cc(C)c(C)cc3[nH]c2=O)Cc2nnnn2CC2CCCO2)cc1OC. The van der Waals surface area contributed by atoms with Gasteiger partial charge >= 0.3 is 0 Å². The highest BCUT2D eigenvalue weighted by Gasteiger charge is 2.21. The monoisotopic (exact) mass is 532 g/mol. The molecule has 2 aromatic carbocycles. The van der Waals surface area contributed by atoms with Crippen LogP contribution >= 0.6 is 0 Å². The highest BCUT2D eigenvalue weighted by atomic mass is 16.5. The molecule has 1 fully saturated rings. The lowest BCUT2D eigenvalue weighted by Crippen LogP contribution is -2.30. The van der Waals surface area contributed by atoms with Gasteiger partial charge in [0, 0.05) is 30.8 Å². The number of methoxy groups -OCH3 is 2. The fourth-order valence-corrected chi connectivity index (χ4v) is 5.08. The molecule has 0 bridgehead atoms. The molecule has 2 aromatic heterocycles. The minimum Gasteiger partial charge on any atom is -0.493 e. The minimum absolute atomic E-state index is 0.0826. The Balaban J connectivity index is 1.40. The third kappa shape index (κ3) is 6.29. The molecule has 3 heterocycles. The van der Waals surface area contributed by atoms with Gasteiger partial charge in [0.2, 0.25) is 0 Å². The van der Waals surface area contributed by atoms with Crippen LogP contribution in [0.4, 0.5) is 0 Å². The lowest BCUT2D eigenvalue weighted by molar-refractivity contribution is 0.0916. The van der Waals surface area contributed by atoms with Gasteiger partial charge in [0.15, 0.2) is 17.3 Å². The molecule has 206 valence electrons. The Morgan fingerprint density at radius 2 is 1.90 bits per heavy atom. The number of tetrazole rings is 1. The number of nitrogens with zero attached hydrogens (tertiary/aromatic N) is 5. The molecule has 1 aliphatic rings. The first-order valence-electron chi connectivity index (χ1n) is 13.4. The number of aromatic nitrogens is 5. The van der Waals surface area contributed by atoms with Crippen LogP contribution < -0.4 is 15.0 Å². The van der Waals surface area contributed by atoms with E-state index in [9.17, 15) is 4.79 Å². The zero-order chi connectivity index (χ0) is 27.4. The number of H-pyrrole nitrogens is 1. The highest BCUT2D eigenvalue weighted by Crippen LogP contribution is 2.28. The molecule has 0 amide bonds. The Labute approximate surface area is 227 Å². The average molecular weight is 533 g/mol. The van der Waals surface area contributed by atoms with Gasteiger partial charge in [-0.05, 0) is 95.9 Å². The van der Waals surface area contributed by atoms with Gasteiger partial charge in [-0.15, -0.1) is 5.10 Å². The predicted octanol–water partition coefficient (Wildman–Crippen LogP) is 3.57. The van der Waals surface area contributed by atoms with Crippen molar-refractivity contribution in [2.24, 2.45) is 0 Å². The molecule has 39 heavy (non-hydrogen) atoms. The molecule has 1 aliphatic heterocycles. The second kappa shape index (κ2) is 12.0. The Morgan fingerprint density at radius 3 is 2.67 bits per heavy atom. The van der Waals surface area contributed by atoms with Crippen molar-refractivity contribution >= 4 is 10.9 Å². The summed E-state index contributed by atoms with van der Waals surface area (Å²) in [7, 11) is 3.26. The maximum Gasteiger partial charge on any atom is 0.252 e. The van der Waals surface area contributed by atoms with Gasteiger partial charge < -0.3 is 19.2 Å². The van der Waals surface area contributed by atoms with E-state index in [2.05, 4.69) is 45.3 Å². The van der Waals surface area contributed by atoms with E-state index in [1.165, 1.54) is 5.56 Å². The highest BCUT2D eigenvalue weighted by molar-refractivity contribution is 5.80. The molecular formula is C29H36N6O4. The standard InChI is InChI=1S/C29H36N6O4/c1-19-12-22-15-23(29(36)30-25(22)13-20(19)2)16-34(10-9-21-7-8-26(37-3)27(14-21)38-4)18-28-31-32-33-35(28)17-24-6-5-11-39-24/h7-8,12-15,24H,5-6,9-11,16-18H2,1-4H3,(H,30,36). The maximum atomic E-state index is 13.1. The third-order valence-corrected chi connectivity index (χ3v) is 7.47. The zero-order valence-corrected chi connectivity index (χ0v) is 23.1. The van der Waals surface area contributed by atoms with Crippen LogP contribution in [0.3, 0.4) is 0 Å². The number of pyridine rings is 1. The smallest absolute Gasteiger partial charge is 0.252 e.